The van der Waals surface area contributed by atoms with Crippen LogP contribution in [0.3, 0.4) is 0 Å². The van der Waals surface area contributed by atoms with Crippen LogP contribution >= 0.6 is 0 Å². The van der Waals surface area contributed by atoms with Gasteiger partial charge < -0.3 is 15.6 Å². The summed E-state index contributed by atoms with van der Waals surface area (Å²) in [5.74, 6) is -0.143. The Hall–Kier alpha value is -2.67. The molecule has 0 radical (unpaired) electrons. The summed E-state index contributed by atoms with van der Waals surface area (Å²) in [7, 11) is 0. The Morgan fingerprint density at radius 3 is 2.91 bits per heavy atom. The highest BCUT2D eigenvalue weighted by atomic mass is 16.1. The minimum absolute atomic E-state index is 0.0699. The summed E-state index contributed by atoms with van der Waals surface area (Å²) in [4.78, 5) is 24.1. The van der Waals surface area contributed by atoms with E-state index in [9.17, 15) is 9.59 Å². The fraction of sp³-hybridized carbons (Fsp3) is 0.312. The molecule has 2 aromatic heterocycles. The molecule has 1 amide bonds. The molecule has 3 rings (SSSR count). The molecule has 0 spiro atoms. The standard InChI is InChI=1S/C16H19N5O2/c1-9-14-15(20-19-9)12-8-11(18-10(2)22)4-5-13(12)21(16(14)23)7-3-6-17/h4-5,8H,3,6-7,17H2,1-2H3,(H,18,22)(H,19,20). The Morgan fingerprint density at radius 2 is 2.22 bits per heavy atom. The van der Waals surface area contributed by atoms with E-state index in [1.807, 2.05) is 19.1 Å². The first-order valence-corrected chi connectivity index (χ1v) is 7.52. The monoisotopic (exact) mass is 313 g/mol. The Kier molecular flexibility index (Phi) is 3.87. The summed E-state index contributed by atoms with van der Waals surface area (Å²) in [6, 6.07) is 5.47. The van der Waals surface area contributed by atoms with Gasteiger partial charge in [-0.1, -0.05) is 0 Å². The van der Waals surface area contributed by atoms with Gasteiger partial charge in [-0.15, -0.1) is 0 Å². The van der Waals surface area contributed by atoms with Crippen molar-refractivity contribution < 1.29 is 4.79 Å². The van der Waals surface area contributed by atoms with E-state index in [2.05, 4.69) is 15.5 Å². The van der Waals surface area contributed by atoms with Crippen LogP contribution in [0.5, 0.6) is 0 Å². The van der Waals surface area contributed by atoms with Gasteiger partial charge in [0, 0.05) is 30.2 Å². The van der Waals surface area contributed by atoms with Crippen LogP contribution in [0.4, 0.5) is 5.69 Å². The lowest BCUT2D eigenvalue weighted by atomic mass is 10.1. The molecular formula is C16H19N5O2. The maximum Gasteiger partial charge on any atom is 0.262 e. The summed E-state index contributed by atoms with van der Waals surface area (Å²) < 4.78 is 1.73. The molecule has 4 N–H and O–H groups in total. The van der Waals surface area contributed by atoms with Gasteiger partial charge >= 0.3 is 0 Å². The number of nitrogens with two attached hydrogens (primary N) is 1. The van der Waals surface area contributed by atoms with E-state index in [4.69, 9.17) is 5.73 Å². The van der Waals surface area contributed by atoms with Gasteiger partial charge in [0.2, 0.25) is 5.91 Å². The number of nitrogens with one attached hydrogen (secondary N) is 2. The average molecular weight is 313 g/mol. The average Bonchev–Trinajstić information content (AvgIpc) is 2.89. The van der Waals surface area contributed by atoms with Crippen LogP contribution in [0.15, 0.2) is 23.0 Å². The molecule has 2 heterocycles. The second-order valence-electron chi connectivity index (χ2n) is 5.58. The normalized spacial score (nSPS) is 11.3. The molecule has 0 atom stereocenters. The number of amides is 1. The highest BCUT2D eigenvalue weighted by Gasteiger charge is 2.15. The molecule has 0 aliphatic carbocycles. The molecule has 120 valence electrons. The SMILES string of the molecule is CC(=O)Nc1ccc2c(c1)c1n[nH]c(C)c1c(=O)n2CCCN. The molecule has 0 aliphatic heterocycles. The highest BCUT2D eigenvalue weighted by molar-refractivity contribution is 6.06. The number of rotatable bonds is 4. The number of aromatic nitrogens is 3. The van der Waals surface area contributed by atoms with E-state index in [1.165, 1.54) is 6.92 Å². The lowest BCUT2D eigenvalue weighted by Crippen LogP contribution is -2.22. The predicted molar refractivity (Wildman–Crippen MR) is 90.6 cm³/mol. The number of anilines is 1. The molecule has 23 heavy (non-hydrogen) atoms. The Labute approximate surface area is 132 Å². The van der Waals surface area contributed by atoms with E-state index in [1.54, 1.807) is 10.6 Å². The van der Waals surface area contributed by atoms with Crippen LogP contribution < -0.4 is 16.6 Å². The fourth-order valence-electron chi connectivity index (χ4n) is 2.84. The molecule has 0 saturated carbocycles. The van der Waals surface area contributed by atoms with Crippen LogP contribution in [0.1, 0.15) is 19.0 Å². The van der Waals surface area contributed by atoms with Crippen molar-refractivity contribution in [2.45, 2.75) is 26.8 Å². The second kappa shape index (κ2) is 5.85. The van der Waals surface area contributed by atoms with Crippen LogP contribution in [0.25, 0.3) is 21.8 Å². The Morgan fingerprint density at radius 1 is 1.43 bits per heavy atom. The number of nitrogens with zero attached hydrogens (tertiary/aromatic N) is 2. The topological polar surface area (TPSA) is 106 Å². The molecule has 1 aromatic carbocycles. The van der Waals surface area contributed by atoms with E-state index in [0.29, 0.717) is 36.1 Å². The molecular weight excluding hydrogens is 294 g/mol. The number of carbonyl (C=O) groups excluding carboxylic acids is 1. The van der Waals surface area contributed by atoms with Gasteiger partial charge in [0.1, 0.15) is 5.52 Å². The van der Waals surface area contributed by atoms with E-state index in [0.717, 1.165) is 16.6 Å². The number of aromatic amines is 1. The van der Waals surface area contributed by atoms with Crippen LogP contribution in [-0.4, -0.2) is 27.2 Å². The summed E-state index contributed by atoms with van der Waals surface area (Å²) >= 11 is 0. The number of carbonyl (C=O) groups is 1. The number of aryl methyl sites for hydroxylation is 2. The highest BCUT2D eigenvalue weighted by Crippen LogP contribution is 2.26. The number of fused-ring (bicyclic) bond motifs is 3. The van der Waals surface area contributed by atoms with Crippen molar-refractivity contribution in [2.75, 3.05) is 11.9 Å². The number of benzene rings is 1. The van der Waals surface area contributed by atoms with Crippen molar-refractivity contribution >= 4 is 33.4 Å². The summed E-state index contributed by atoms with van der Waals surface area (Å²) in [5.41, 5.74) is 8.34. The van der Waals surface area contributed by atoms with Crippen molar-refractivity contribution in [1.29, 1.82) is 0 Å². The zero-order chi connectivity index (χ0) is 16.6. The molecule has 3 aromatic rings. The van der Waals surface area contributed by atoms with Gasteiger partial charge in [0.25, 0.3) is 5.56 Å². The minimum atomic E-state index is -0.143. The fourth-order valence-corrected chi connectivity index (χ4v) is 2.84. The third kappa shape index (κ3) is 2.59. The Bertz CT molecular complexity index is 954. The van der Waals surface area contributed by atoms with Crippen LogP contribution in [-0.2, 0) is 11.3 Å². The summed E-state index contributed by atoms with van der Waals surface area (Å²) in [6.07, 6.45) is 0.713. The van der Waals surface area contributed by atoms with Gasteiger partial charge in [-0.05, 0) is 38.1 Å². The zero-order valence-electron chi connectivity index (χ0n) is 13.1. The van der Waals surface area contributed by atoms with E-state index < -0.39 is 0 Å². The Balaban J connectivity index is 2.35. The molecule has 7 nitrogen and oxygen atoms in total. The van der Waals surface area contributed by atoms with Crippen molar-refractivity contribution in [2.24, 2.45) is 5.73 Å². The van der Waals surface area contributed by atoms with Gasteiger partial charge in [-0.25, -0.2) is 0 Å². The maximum absolute atomic E-state index is 12.8. The summed E-state index contributed by atoms with van der Waals surface area (Å²) in [6.45, 7) is 4.35. The van der Waals surface area contributed by atoms with Crippen molar-refractivity contribution in [3.8, 4) is 0 Å². The van der Waals surface area contributed by atoms with Gasteiger partial charge in [0.05, 0.1) is 10.9 Å². The molecule has 0 aliphatic rings. The largest absolute Gasteiger partial charge is 0.330 e. The van der Waals surface area contributed by atoms with Crippen molar-refractivity contribution in [1.82, 2.24) is 14.8 Å². The van der Waals surface area contributed by atoms with Gasteiger partial charge in [-0.2, -0.15) is 5.10 Å². The quantitative estimate of drug-likeness (QED) is 0.678. The van der Waals surface area contributed by atoms with Crippen molar-refractivity contribution in [3.63, 3.8) is 0 Å². The molecule has 7 heteroatoms. The summed E-state index contributed by atoms with van der Waals surface area (Å²) in [5, 5.41) is 11.3. The lowest BCUT2D eigenvalue weighted by Gasteiger charge is -2.12. The molecule has 0 bridgehead atoms. The third-order valence-corrected chi connectivity index (χ3v) is 3.85. The second-order valence-corrected chi connectivity index (χ2v) is 5.58. The lowest BCUT2D eigenvalue weighted by molar-refractivity contribution is -0.114. The number of hydrogen-bond acceptors (Lipinski definition) is 4. The number of hydrogen-bond donors (Lipinski definition) is 3. The smallest absolute Gasteiger partial charge is 0.262 e. The molecule has 0 saturated heterocycles. The molecule has 0 unspecified atom stereocenters. The van der Waals surface area contributed by atoms with E-state index >= 15 is 0 Å². The first kappa shape index (κ1) is 15.2. The first-order valence-electron chi connectivity index (χ1n) is 7.52. The van der Waals surface area contributed by atoms with Crippen molar-refractivity contribution in [3.05, 3.63) is 34.2 Å². The van der Waals surface area contributed by atoms with Crippen LogP contribution in [0.2, 0.25) is 0 Å². The minimum Gasteiger partial charge on any atom is -0.330 e. The van der Waals surface area contributed by atoms with E-state index in [-0.39, 0.29) is 11.5 Å². The number of pyridine rings is 1. The number of H-pyrrole nitrogens is 1. The third-order valence-electron chi connectivity index (χ3n) is 3.85. The molecule has 0 fully saturated rings. The zero-order valence-corrected chi connectivity index (χ0v) is 13.1. The van der Waals surface area contributed by atoms with Gasteiger partial charge in [0.15, 0.2) is 0 Å². The first-order chi connectivity index (χ1) is 11.0. The predicted octanol–water partition coefficient (Wildman–Crippen LogP) is 1.49. The maximum atomic E-state index is 12.8. The van der Waals surface area contributed by atoms with Gasteiger partial charge in [-0.3, -0.25) is 14.7 Å². The van der Waals surface area contributed by atoms with Crippen LogP contribution in [0, 0.1) is 6.92 Å².